The molecule has 0 saturated heterocycles. The predicted molar refractivity (Wildman–Crippen MR) is 101 cm³/mol. The summed E-state index contributed by atoms with van der Waals surface area (Å²) in [5.74, 6) is 0.968. The molecule has 0 amide bonds. The van der Waals surface area contributed by atoms with Crippen LogP contribution in [0.3, 0.4) is 0 Å². The lowest BCUT2D eigenvalue weighted by Gasteiger charge is -2.42. The molecule has 0 N–H and O–H groups in total. The fraction of sp³-hybridized carbons (Fsp3) is 0.0833. The molecule has 0 bridgehead atoms. The van der Waals surface area contributed by atoms with Gasteiger partial charge in [-0.1, -0.05) is 72.9 Å². The smallest absolute Gasteiger partial charge is 0.0211 e. The van der Waals surface area contributed by atoms with E-state index in [0.29, 0.717) is 11.8 Å². The van der Waals surface area contributed by atoms with E-state index in [1.807, 2.05) is 0 Å². The minimum atomic E-state index is 0.484. The van der Waals surface area contributed by atoms with Crippen molar-refractivity contribution in [3.8, 4) is 0 Å². The fourth-order valence-electron chi connectivity index (χ4n) is 5.42. The third-order valence-electron chi connectivity index (χ3n) is 6.37. The minimum absolute atomic E-state index is 0.484. The molecule has 3 aromatic rings. The van der Waals surface area contributed by atoms with Gasteiger partial charge in [0.05, 0.1) is 0 Å². The first-order valence-electron chi connectivity index (χ1n) is 8.70. The number of hydrogen-bond acceptors (Lipinski definition) is 0. The quantitative estimate of drug-likeness (QED) is 0.440. The zero-order chi connectivity index (χ0) is 15.4. The van der Waals surface area contributed by atoms with Gasteiger partial charge in [-0.05, 0) is 54.9 Å². The maximum absolute atomic E-state index is 2.33. The average molecular weight is 302 g/mol. The first-order valence-corrected chi connectivity index (χ1v) is 8.70. The lowest BCUT2D eigenvalue weighted by Crippen LogP contribution is -2.25. The molecule has 0 spiro atoms. The van der Waals surface area contributed by atoms with Crippen molar-refractivity contribution < 1.29 is 0 Å². The second kappa shape index (κ2) is 3.62. The Balaban J connectivity index is 1.87. The van der Waals surface area contributed by atoms with E-state index in [4.69, 9.17) is 0 Å². The van der Waals surface area contributed by atoms with E-state index in [-0.39, 0.29) is 0 Å². The van der Waals surface area contributed by atoms with Crippen molar-refractivity contribution in [2.75, 3.05) is 0 Å². The molecule has 4 aliphatic rings. The summed E-state index contributed by atoms with van der Waals surface area (Å²) >= 11 is 0. The topological polar surface area (TPSA) is 0 Å². The first-order chi connectivity index (χ1) is 11.9. The number of hydrogen-bond donors (Lipinski definition) is 0. The third-order valence-corrected chi connectivity index (χ3v) is 6.37. The standard InChI is InChI=1S/C24H14/c1-2-14-5-6-16-9-11-18-12-10-17-8-7-15-4-3-13(1)19-20(14)22(16)24(18)23(17)21(15)19/h1-12,19-20H. The molecular formula is C24H14. The zero-order valence-electron chi connectivity index (χ0n) is 13.1. The summed E-state index contributed by atoms with van der Waals surface area (Å²) < 4.78 is 0. The molecule has 0 saturated carbocycles. The molecule has 24 heavy (non-hydrogen) atoms. The van der Waals surface area contributed by atoms with Crippen LogP contribution >= 0.6 is 0 Å². The molecule has 3 aromatic carbocycles. The second-order valence-electron chi connectivity index (χ2n) is 7.35. The van der Waals surface area contributed by atoms with Crippen LogP contribution in [0.4, 0.5) is 0 Å². The van der Waals surface area contributed by atoms with E-state index in [1.165, 1.54) is 43.8 Å². The highest BCUT2D eigenvalue weighted by Gasteiger charge is 2.41. The Kier molecular flexibility index (Phi) is 1.76. The Morgan fingerprint density at radius 2 is 0.958 bits per heavy atom. The van der Waals surface area contributed by atoms with E-state index in [0.717, 1.165) is 0 Å². The van der Waals surface area contributed by atoms with Gasteiger partial charge in [-0.2, -0.15) is 0 Å². The van der Waals surface area contributed by atoms with Gasteiger partial charge >= 0.3 is 0 Å². The number of benzene rings is 3. The van der Waals surface area contributed by atoms with Gasteiger partial charge in [0, 0.05) is 11.8 Å². The fourth-order valence-corrected chi connectivity index (χ4v) is 5.42. The Labute approximate surface area is 140 Å². The second-order valence-corrected chi connectivity index (χ2v) is 7.35. The Hall–Kier alpha value is -2.86. The maximum Gasteiger partial charge on any atom is 0.0211 e. The Morgan fingerprint density at radius 3 is 1.46 bits per heavy atom. The van der Waals surface area contributed by atoms with Gasteiger partial charge in [-0.25, -0.2) is 0 Å². The maximum atomic E-state index is 2.33. The van der Waals surface area contributed by atoms with E-state index in [1.54, 1.807) is 11.1 Å². The average Bonchev–Trinajstić information content (AvgIpc) is 2.65. The van der Waals surface area contributed by atoms with Crippen LogP contribution in [-0.2, 0) is 0 Å². The van der Waals surface area contributed by atoms with Crippen molar-refractivity contribution in [2.24, 2.45) is 0 Å². The summed E-state index contributed by atoms with van der Waals surface area (Å²) in [7, 11) is 0. The van der Waals surface area contributed by atoms with Crippen molar-refractivity contribution in [1.29, 1.82) is 0 Å². The van der Waals surface area contributed by atoms with Crippen LogP contribution in [0, 0.1) is 0 Å². The number of rotatable bonds is 0. The SMILES string of the molecule is C1=Cc2ccc3ccc4ccc5c6c4c3c2C2C1=CC=C(C=C5)C62. The molecule has 0 aromatic heterocycles. The van der Waals surface area contributed by atoms with Crippen LogP contribution in [0.15, 0.2) is 71.8 Å². The van der Waals surface area contributed by atoms with Crippen molar-refractivity contribution in [3.63, 3.8) is 0 Å². The summed E-state index contributed by atoms with van der Waals surface area (Å²) in [5, 5.41) is 5.76. The van der Waals surface area contributed by atoms with Crippen molar-refractivity contribution in [1.82, 2.24) is 0 Å². The van der Waals surface area contributed by atoms with E-state index in [2.05, 4.69) is 72.9 Å². The zero-order valence-corrected chi connectivity index (χ0v) is 13.1. The molecule has 2 atom stereocenters. The molecular weight excluding hydrogens is 288 g/mol. The van der Waals surface area contributed by atoms with Gasteiger partial charge in [0.1, 0.15) is 0 Å². The molecule has 0 heterocycles. The van der Waals surface area contributed by atoms with E-state index in [9.17, 15) is 0 Å². The molecule has 0 fully saturated rings. The van der Waals surface area contributed by atoms with Crippen molar-refractivity contribution in [3.05, 3.63) is 94.1 Å². The highest BCUT2D eigenvalue weighted by atomic mass is 14.4. The predicted octanol–water partition coefficient (Wildman–Crippen LogP) is 6.09. The van der Waals surface area contributed by atoms with Crippen molar-refractivity contribution >= 4 is 33.7 Å². The lowest BCUT2D eigenvalue weighted by atomic mass is 9.60. The molecule has 0 aliphatic heterocycles. The van der Waals surface area contributed by atoms with Gasteiger partial charge < -0.3 is 0 Å². The van der Waals surface area contributed by atoms with Crippen LogP contribution in [0.1, 0.15) is 34.1 Å². The molecule has 0 radical (unpaired) electrons. The largest absolute Gasteiger partial charge is 0.0581 e. The first kappa shape index (κ1) is 11.6. The number of allylic oxidation sites excluding steroid dienone is 6. The summed E-state index contributed by atoms with van der Waals surface area (Å²) in [5.41, 5.74) is 8.87. The molecule has 7 rings (SSSR count). The minimum Gasteiger partial charge on any atom is -0.0581 e. The highest BCUT2D eigenvalue weighted by molar-refractivity contribution is 6.15. The third kappa shape index (κ3) is 1.12. The van der Waals surface area contributed by atoms with Crippen LogP contribution < -0.4 is 0 Å². The summed E-state index contributed by atoms with van der Waals surface area (Å²) in [6.07, 6.45) is 13.9. The van der Waals surface area contributed by atoms with Gasteiger partial charge in [0.15, 0.2) is 0 Å². The van der Waals surface area contributed by atoms with E-state index < -0.39 is 0 Å². The monoisotopic (exact) mass is 302 g/mol. The van der Waals surface area contributed by atoms with Gasteiger partial charge in [-0.3, -0.25) is 0 Å². The Morgan fingerprint density at radius 1 is 0.500 bits per heavy atom. The molecule has 0 nitrogen and oxygen atoms in total. The van der Waals surface area contributed by atoms with Gasteiger partial charge in [-0.15, -0.1) is 0 Å². The molecule has 2 unspecified atom stereocenters. The summed E-state index contributed by atoms with van der Waals surface area (Å²) in [4.78, 5) is 0. The summed E-state index contributed by atoms with van der Waals surface area (Å²) in [6, 6.07) is 13.8. The summed E-state index contributed by atoms with van der Waals surface area (Å²) in [6.45, 7) is 0. The van der Waals surface area contributed by atoms with Crippen LogP contribution in [0.25, 0.3) is 33.7 Å². The van der Waals surface area contributed by atoms with Crippen molar-refractivity contribution in [2.45, 2.75) is 11.8 Å². The van der Waals surface area contributed by atoms with Crippen LogP contribution in [-0.4, -0.2) is 0 Å². The molecule has 110 valence electrons. The van der Waals surface area contributed by atoms with Crippen LogP contribution in [0.2, 0.25) is 0 Å². The Bertz CT molecular complexity index is 1150. The van der Waals surface area contributed by atoms with E-state index >= 15 is 0 Å². The normalized spacial score (nSPS) is 24.0. The highest BCUT2D eigenvalue weighted by Crippen LogP contribution is 2.59. The van der Waals surface area contributed by atoms with Gasteiger partial charge in [0.25, 0.3) is 0 Å². The van der Waals surface area contributed by atoms with Gasteiger partial charge in [0.2, 0.25) is 0 Å². The lowest BCUT2D eigenvalue weighted by molar-refractivity contribution is 0.678. The molecule has 4 aliphatic carbocycles. The van der Waals surface area contributed by atoms with Crippen LogP contribution in [0.5, 0.6) is 0 Å². The molecule has 0 heteroatoms.